The van der Waals surface area contributed by atoms with E-state index in [0.717, 1.165) is 35.9 Å². The van der Waals surface area contributed by atoms with E-state index in [2.05, 4.69) is 0 Å². The summed E-state index contributed by atoms with van der Waals surface area (Å²) in [6.07, 6.45) is 1.91. The van der Waals surface area contributed by atoms with E-state index < -0.39 is 23.2 Å². The number of amides is 2. The highest BCUT2D eigenvalue weighted by Gasteiger charge is 2.52. The van der Waals surface area contributed by atoms with Crippen LogP contribution >= 0.6 is 0 Å². The van der Waals surface area contributed by atoms with Crippen molar-refractivity contribution >= 4 is 11.8 Å². The minimum Gasteiger partial charge on any atom is -0.386 e. The summed E-state index contributed by atoms with van der Waals surface area (Å²) in [5, 5.41) is 10.1. The van der Waals surface area contributed by atoms with Crippen LogP contribution in [0, 0.1) is 17.0 Å². The molecule has 6 heteroatoms. The Labute approximate surface area is 126 Å². The fraction of sp³-hybridized carbons (Fsp3) is 0.500. The number of carbonyl (C=O) groups excluding carboxylic acids is 2. The molecular formula is C16H17F2NO3. The van der Waals surface area contributed by atoms with Crippen LogP contribution in [-0.4, -0.2) is 28.4 Å². The molecule has 1 unspecified atom stereocenters. The van der Waals surface area contributed by atoms with Crippen LogP contribution in [0.2, 0.25) is 0 Å². The molecule has 22 heavy (non-hydrogen) atoms. The van der Waals surface area contributed by atoms with Crippen LogP contribution in [-0.2, 0) is 9.59 Å². The molecule has 1 heterocycles. The van der Waals surface area contributed by atoms with Crippen molar-refractivity contribution < 1.29 is 23.5 Å². The average Bonchev–Trinajstić information content (AvgIpc) is 3.03. The zero-order valence-corrected chi connectivity index (χ0v) is 12.0. The Morgan fingerprint density at radius 1 is 1.23 bits per heavy atom. The van der Waals surface area contributed by atoms with E-state index in [1.165, 1.54) is 0 Å². The molecular weight excluding hydrogens is 292 g/mol. The number of carbonyl (C=O) groups is 2. The van der Waals surface area contributed by atoms with Crippen LogP contribution in [0.3, 0.4) is 0 Å². The Kier molecular flexibility index (Phi) is 3.72. The van der Waals surface area contributed by atoms with Crippen molar-refractivity contribution in [2.45, 2.75) is 38.2 Å². The molecule has 1 aromatic carbocycles. The molecule has 2 fully saturated rings. The summed E-state index contributed by atoms with van der Waals surface area (Å²) >= 11 is 0. The molecule has 1 saturated carbocycles. The number of rotatable bonds is 3. The zero-order chi connectivity index (χ0) is 15.9. The van der Waals surface area contributed by atoms with Gasteiger partial charge >= 0.3 is 0 Å². The first-order valence-electron chi connectivity index (χ1n) is 7.41. The van der Waals surface area contributed by atoms with Gasteiger partial charge < -0.3 is 5.11 Å². The average molecular weight is 309 g/mol. The predicted molar refractivity (Wildman–Crippen MR) is 73.6 cm³/mol. The summed E-state index contributed by atoms with van der Waals surface area (Å²) < 4.78 is 26.9. The molecule has 0 aromatic heterocycles. The van der Waals surface area contributed by atoms with Crippen molar-refractivity contribution in [3.8, 4) is 0 Å². The van der Waals surface area contributed by atoms with E-state index in [0.29, 0.717) is 12.8 Å². The second kappa shape index (κ2) is 5.43. The van der Waals surface area contributed by atoms with E-state index in [1.807, 2.05) is 0 Å². The molecule has 4 nitrogen and oxygen atoms in total. The Bertz CT molecular complexity index is 626. The lowest BCUT2D eigenvalue weighted by molar-refractivity contribution is -0.143. The van der Waals surface area contributed by atoms with Gasteiger partial charge in [-0.3, -0.25) is 14.5 Å². The SMILES string of the molecule is O=C1CC2(CCCC2)C(=O)N1CC(O)c1cc(F)ccc1F. The minimum absolute atomic E-state index is 0.157. The van der Waals surface area contributed by atoms with Crippen LogP contribution in [0.25, 0.3) is 0 Å². The lowest BCUT2D eigenvalue weighted by Crippen LogP contribution is -2.37. The maximum Gasteiger partial charge on any atom is 0.236 e. The molecule has 3 rings (SSSR count). The Balaban J connectivity index is 1.79. The van der Waals surface area contributed by atoms with E-state index in [-0.39, 0.29) is 30.3 Å². The third-order valence-corrected chi connectivity index (χ3v) is 4.72. The second-order valence-corrected chi connectivity index (χ2v) is 6.16. The molecule has 2 amide bonds. The highest BCUT2D eigenvalue weighted by molar-refractivity contribution is 6.06. The van der Waals surface area contributed by atoms with Gasteiger partial charge in [-0.1, -0.05) is 12.8 Å². The standard InChI is InChI=1S/C16H17F2NO3/c17-10-3-4-12(18)11(7-10)13(20)9-19-14(21)8-16(15(19)22)5-1-2-6-16/h3-4,7,13,20H,1-2,5-6,8-9H2. The maximum absolute atomic E-state index is 13.7. The number of benzene rings is 1. The van der Waals surface area contributed by atoms with Gasteiger partial charge in [-0.05, 0) is 31.0 Å². The van der Waals surface area contributed by atoms with Gasteiger partial charge in [-0.2, -0.15) is 0 Å². The number of nitrogens with zero attached hydrogens (tertiary/aromatic N) is 1. The summed E-state index contributed by atoms with van der Waals surface area (Å²) in [5.41, 5.74) is -0.870. The van der Waals surface area contributed by atoms with Crippen LogP contribution in [0.1, 0.15) is 43.8 Å². The van der Waals surface area contributed by atoms with Crippen LogP contribution in [0.5, 0.6) is 0 Å². The molecule has 1 aliphatic heterocycles. The third kappa shape index (κ3) is 2.41. The molecule has 0 radical (unpaired) electrons. The van der Waals surface area contributed by atoms with Crippen molar-refractivity contribution in [3.05, 3.63) is 35.4 Å². The summed E-state index contributed by atoms with van der Waals surface area (Å²) in [7, 11) is 0. The fourth-order valence-corrected chi connectivity index (χ4v) is 3.53. The number of halogens is 2. The number of hydrogen-bond acceptors (Lipinski definition) is 3. The summed E-state index contributed by atoms with van der Waals surface area (Å²) in [4.78, 5) is 25.6. The topological polar surface area (TPSA) is 57.6 Å². The number of aliphatic hydroxyl groups excluding tert-OH is 1. The molecule has 2 aliphatic rings. The number of aliphatic hydroxyl groups is 1. The highest BCUT2D eigenvalue weighted by Crippen LogP contribution is 2.47. The second-order valence-electron chi connectivity index (χ2n) is 6.16. The van der Waals surface area contributed by atoms with E-state index >= 15 is 0 Å². The highest BCUT2D eigenvalue weighted by atomic mass is 19.1. The van der Waals surface area contributed by atoms with Crippen LogP contribution < -0.4 is 0 Å². The fourth-order valence-electron chi connectivity index (χ4n) is 3.53. The molecule has 1 aromatic rings. The van der Waals surface area contributed by atoms with Gasteiger partial charge in [0.2, 0.25) is 11.8 Å². The van der Waals surface area contributed by atoms with Crippen LogP contribution in [0.4, 0.5) is 8.78 Å². The summed E-state index contributed by atoms with van der Waals surface area (Å²) in [6, 6.07) is 2.75. The van der Waals surface area contributed by atoms with Gasteiger partial charge in [-0.15, -0.1) is 0 Å². The van der Waals surface area contributed by atoms with Crippen molar-refractivity contribution in [3.63, 3.8) is 0 Å². The molecule has 1 N–H and O–H groups in total. The van der Waals surface area contributed by atoms with Crippen molar-refractivity contribution in [1.29, 1.82) is 0 Å². The van der Waals surface area contributed by atoms with Gasteiger partial charge in [-0.25, -0.2) is 8.78 Å². The first-order chi connectivity index (χ1) is 10.4. The molecule has 1 spiro atoms. The van der Waals surface area contributed by atoms with Crippen LogP contribution in [0.15, 0.2) is 18.2 Å². The molecule has 1 atom stereocenters. The van der Waals surface area contributed by atoms with Crippen molar-refractivity contribution in [2.24, 2.45) is 5.41 Å². The lowest BCUT2D eigenvalue weighted by atomic mass is 9.84. The molecule has 1 aliphatic carbocycles. The van der Waals surface area contributed by atoms with E-state index in [1.54, 1.807) is 0 Å². The van der Waals surface area contributed by atoms with E-state index in [4.69, 9.17) is 0 Å². The predicted octanol–water partition coefficient (Wildman–Crippen LogP) is 2.32. The Hall–Kier alpha value is -1.82. The minimum atomic E-state index is -1.43. The van der Waals surface area contributed by atoms with E-state index in [9.17, 15) is 23.5 Å². The summed E-state index contributed by atoms with van der Waals surface area (Å²) in [6.45, 7) is -0.334. The van der Waals surface area contributed by atoms with Crippen molar-refractivity contribution in [2.75, 3.05) is 6.54 Å². The number of hydrogen-bond donors (Lipinski definition) is 1. The summed E-state index contributed by atoms with van der Waals surface area (Å²) in [5.74, 6) is -2.07. The normalized spacial score (nSPS) is 21.9. The van der Waals surface area contributed by atoms with Gasteiger partial charge in [0.1, 0.15) is 11.6 Å². The first-order valence-corrected chi connectivity index (χ1v) is 7.41. The van der Waals surface area contributed by atoms with Crippen molar-refractivity contribution in [1.82, 2.24) is 4.90 Å². The monoisotopic (exact) mass is 309 g/mol. The quantitative estimate of drug-likeness (QED) is 0.872. The third-order valence-electron chi connectivity index (χ3n) is 4.72. The zero-order valence-electron chi connectivity index (χ0n) is 12.0. The lowest BCUT2D eigenvalue weighted by Gasteiger charge is -2.23. The maximum atomic E-state index is 13.7. The molecule has 0 bridgehead atoms. The molecule has 118 valence electrons. The Morgan fingerprint density at radius 2 is 1.91 bits per heavy atom. The first kappa shape index (κ1) is 15.1. The number of β-amino-alcohol motifs (C(OH)–C–C–N with tert-alkyl or cyclic N) is 1. The number of likely N-dealkylation sites (tertiary alicyclic amines) is 1. The smallest absolute Gasteiger partial charge is 0.236 e. The van der Waals surface area contributed by atoms with Gasteiger partial charge in [0, 0.05) is 12.0 Å². The largest absolute Gasteiger partial charge is 0.386 e. The Morgan fingerprint density at radius 3 is 2.59 bits per heavy atom. The number of imide groups is 1. The van der Waals surface area contributed by atoms with Gasteiger partial charge in [0.25, 0.3) is 0 Å². The van der Waals surface area contributed by atoms with Gasteiger partial charge in [0.05, 0.1) is 18.1 Å². The molecule has 1 saturated heterocycles. The van der Waals surface area contributed by atoms with Gasteiger partial charge in [0.15, 0.2) is 0 Å².